The molecule has 0 aliphatic carbocycles. The molecule has 118 valence electrons. The number of pyridine rings is 1. The fourth-order valence-corrected chi connectivity index (χ4v) is 3.29. The van der Waals surface area contributed by atoms with E-state index in [0.29, 0.717) is 22.4 Å². The van der Waals surface area contributed by atoms with Gasteiger partial charge in [0.2, 0.25) is 5.91 Å². The summed E-state index contributed by atoms with van der Waals surface area (Å²) < 4.78 is 1.83. The smallest absolute Gasteiger partial charge is 0.230 e. The molecule has 3 rings (SSSR count). The second-order valence-electron chi connectivity index (χ2n) is 4.69. The van der Waals surface area contributed by atoms with E-state index >= 15 is 0 Å². The van der Waals surface area contributed by atoms with Gasteiger partial charge in [-0.2, -0.15) is 0 Å². The minimum Gasteiger partial charge on any atom is -0.348 e. The zero-order valence-corrected chi connectivity index (χ0v) is 14.2. The van der Waals surface area contributed by atoms with Crippen molar-refractivity contribution >= 4 is 46.5 Å². The quantitative estimate of drug-likeness (QED) is 0.702. The van der Waals surface area contributed by atoms with Gasteiger partial charge in [0.05, 0.1) is 17.3 Å². The number of thioether (sulfide) groups is 1. The van der Waals surface area contributed by atoms with Crippen LogP contribution in [0.3, 0.4) is 0 Å². The van der Waals surface area contributed by atoms with E-state index in [0.717, 1.165) is 10.5 Å². The van der Waals surface area contributed by atoms with Crippen LogP contribution in [0.4, 0.5) is 0 Å². The number of nitrogens with one attached hydrogen (secondary N) is 1. The summed E-state index contributed by atoms with van der Waals surface area (Å²) in [6.45, 7) is 0.313. The third-order valence-corrected chi connectivity index (χ3v) is 4.81. The summed E-state index contributed by atoms with van der Waals surface area (Å²) in [7, 11) is 0. The van der Waals surface area contributed by atoms with Gasteiger partial charge in [0.1, 0.15) is 0 Å². The summed E-state index contributed by atoms with van der Waals surface area (Å²) in [6.07, 6.45) is 1.86. The van der Waals surface area contributed by atoms with Crippen molar-refractivity contribution < 1.29 is 4.79 Å². The number of hydrogen-bond acceptors (Lipinski definition) is 4. The molecular weight excluding hydrogens is 355 g/mol. The lowest BCUT2D eigenvalue weighted by Crippen LogP contribution is -2.25. The largest absolute Gasteiger partial charge is 0.348 e. The lowest BCUT2D eigenvalue weighted by atomic mass is 10.4. The molecule has 0 fully saturated rings. The predicted octanol–water partition coefficient (Wildman–Crippen LogP) is 3.44. The maximum absolute atomic E-state index is 12.0. The first-order chi connectivity index (χ1) is 11.1. The zero-order chi connectivity index (χ0) is 16.2. The lowest BCUT2D eigenvalue weighted by Gasteiger charge is -2.06. The molecule has 0 spiro atoms. The first kappa shape index (κ1) is 16.1. The number of benzene rings is 1. The minimum absolute atomic E-state index is 0.112. The summed E-state index contributed by atoms with van der Waals surface area (Å²) in [5, 5.41) is 12.1. The second kappa shape index (κ2) is 7.21. The molecule has 23 heavy (non-hydrogen) atoms. The molecule has 0 aliphatic rings. The van der Waals surface area contributed by atoms with Gasteiger partial charge in [-0.05, 0) is 30.3 Å². The highest BCUT2D eigenvalue weighted by molar-refractivity contribution is 8.00. The Hall–Kier alpha value is -1.76. The molecule has 0 bridgehead atoms. The minimum atomic E-state index is -0.112. The molecule has 1 aromatic carbocycles. The Balaban J connectivity index is 1.56. The van der Waals surface area contributed by atoms with Crippen LogP contribution in [-0.2, 0) is 11.3 Å². The summed E-state index contributed by atoms with van der Waals surface area (Å²) in [4.78, 5) is 12.8. The van der Waals surface area contributed by atoms with Crippen molar-refractivity contribution in [3.63, 3.8) is 0 Å². The number of amides is 1. The molecule has 0 radical (unpaired) electrons. The number of rotatable bonds is 5. The Kier molecular flexibility index (Phi) is 5.05. The molecule has 2 heterocycles. The van der Waals surface area contributed by atoms with Crippen LogP contribution in [0.15, 0.2) is 47.5 Å². The molecule has 0 aliphatic heterocycles. The Morgan fingerprint density at radius 2 is 2.09 bits per heavy atom. The molecule has 5 nitrogen and oxygen atoms in total. The maximum atomic E-state index is 12.0. The third kappa shape index (κ3) is 3.96. The Morgan fingerprint density at radius 1 is 1.22 bits per heavy atom. The summed E-state index contributed by atoms with van der Waals surface area (Å²) >= 11 is 13.3. The molecule has 2 aromatic heterocycles. The molecule has 8 heteroatoms. The van der Waals surface area contributed by atoms with Gasteiger partial charge in [-0.25, -0.2) is 0 Å². The molecule has 1 amide bonds. The molecule has 3 aromatic rings. The predicted molar refractivity (Wildman–Crippen MR) is 92.0 cm³/mol. The van der Waals surface area contributed by atoms with Crippen LogP contribution in [0.5, 0.6) is 0 Å². The number of carbonyl (C=O) groups is 1. The summed E-state index contributed by atoms with van der Waals surface area (Å²) in [5.74, 6) is 0.815. The van der Waals surface area contributed by atoms with Crippen LogP contribution in [-0.4, -0.2) is 26.3 Å². The molecular formula is C15H12Cl2N4OS. The van der Waals surface area contributed by atoms with Gasteiger partial charge in [-0.3, -0.25) is 9.20 Å². The van der Waals surface area contributed by atoms with Crippen molar-refractivity contribution in [2.24, 2.45) is 0 Å². The van der Waals surface area contributed by atoms with Crippen LogP contribution in [0.1, 0.15) is 5.82 Å². The first-order valence-electron chi connectivity index (χ1n) is 6.76. The van der Waals surface area contributed by atoms with E-state index in [9.17, 15) is 4.79 Å². The number of halogens is 2. The van der Waals surface area contributed by atoms with Gasteiger partial charge in [-0.15, -0.1) is 22.0 Å². The molecule has 0 atom stereocenters. The van der Waals surface area contributed by atoms with Crippen molar-refractivity contribution in [2.75, 3.05) is 5.75 Å². The van der Waals surface area contributed by atoms with Gasteiger partial charge in [0, 0.05) is 16.1 Å². The highest BCUT2D eigenvalue weighted by Gasteiger charge is 2.09. The Morgan fingerprint density at radius 3 is 2.96 bits per heavy atom. The van der Waals surface area contributed by atoms with Crippen LogP contribution >= 0.6 is 35.0 Å². The lowest BCUT2D eigenvalue weighted by molar-refractivity contribution is -0.118. The van der Waals surface area contributed by atoms with Crippen LogP contribution in [0.25, 0.3) is 5.65 Å². The average Bonchev–Trinajstić information content (AvgIpc) is 2.97. The second-order valence-corrected chi connectivity index (χ2v) is 6.55. The maximum Gasteiger partial charge on any atom is 0.230 e. The van der Waals surface area contributed by atoms with E-state index in [1.165, 1.54) is 11.8 Å². The summed E-state index contributed by atoms with van der Waals surface area (Å²) in [5.41, 5.74) is 0.747. The number of aromatic nitrogens is 3. The van der Waals surface area contributed by atoms with E-state index in [2.05, 4.69) is 15.5 Å². The molecule has 0 unspecified atom stereocenters. The number of hydrogen-bond donors (Lipinski definition) is 1. The zero-order valence-electron chi connectivity index (χ0n) is 11.9. The van der Waals surface area contributed by atoms with E-state index < -0.39 is 0 Å². The van der Waals surface area contributed by atoms with Crippen LogP contribution in [0.2, 0.25) is 10.0 Å². The van der Waals surface area contributed by atoms with Crippen molar-refractivity contribution in [1.82, 2.24) is 19.9 Å². The monoisotopic (exact) mass is 366 g/mol. The normalized spacial score (nSPS) is 10.9. The Labute approximate surface area is 147 Å². The standard InChI is InChI=1S/C15H12Cl2N4OS/c16-10-4-5-11(17)12(7-10)23-9-15(22)18-8-14-20-19-13-3-1-2-6-21(13)14/h1-7H,8-9H2,(H,18,22). The van der Waals surface area contributed by atoms with Crippen LogP contribution < -0.4 is 5.32 Å². The average molecular weight is 367 g/mol. The van der Waals surface area contributed by atoms with Crippen LogP contribution in [0, 0.1) is 0 Å². The van der Waals surface area contributed by atoms with Gasteiger partial charge < -0.3 is 5.32 Å². The topological polar surface area (TPSA) is 59.3 Å². The van der Waals surface area contributed by atoms with Gasteiger partial charge in [0.25, 0.3) is 0 Å². The van der Waals surface area contributed by atoms with Crippen molar-refractivity contribution in [1.29, 1.82) is 0 Å². The molecule has 0 saturated heterocycles. The summed E-state index contributed by atoms with van der Waals surface area (Å²) in [6, 6.07) is 10.8. The number of nitrogens with zero attached hydrogens (tertiary/aromatic N) is 3. The van der Waals surface area contributed by atoms with Gasteiger partial charge in [-0.1, -0.05) is 29.3 Å². The Bertz CT molecular complexity index is 852. The van der Waals surface area contributed by atoms with Gasteiger partial charge >= 0.3 is 0 Å². The molecule has 0 saturated carbocycles. The number of carbonyl (C=O) groups excluding carboxylic acids is 1. The van der Waals surface area contributed by atoms with Crippen molar-refractivity contribution in [2.45, 2.75) is 11.4 Å². The highest BCUT2D eigenvalue weighted by Crippen LogP contribution is 2.29. The first-order valence-corrected chi connectivity index (χ1v) is 8.51. The molecule has 1 N–H and O–H groups in total. The van der Waals surface area contributed by atoms with Crippen molar-refractivity contribution in [3.05, 3.63) is 58.5 Å². The van der Waals surface area contributed by atoms with E-state index in [1.54, 1.807) is 18.2 Å². The fourth-order valence-electron chi connectivity index (χ4n) is 1.97. The van der Waals surface area contributed by atoms with Gasteiger partial charge in [0.15, 0.2) is 11.5 Å². The van der Waals surface area contributed by atoms with E-state index in [-0.39, 0.29) is 11.7 Å². The van der Waals surface area contributed by atoms with E-state index in [1.807, 2.05) is 28.8 Å². The van der Waals surface area contributed by atoms with Crippen molar-refractivity contribution in [3.8, 4) is 0 Å². The fraction of sp³-hybridized carbons (Fsp3) is 0.133. The highest BCUT2D eigenvalue weighted by atomic mass is 35.5. The number of fused-ring (bicyclic) bond motifs is 1. The third-order valence-electron chi connectivity index (χ3n) is 3.08. The van der Waals surface area contributed by atoms with E-state index in [4.69, 9.17) is 23.2 Å². The SMILES string of the molecule is O=C(CSc1cc(Cl)ccc1Cl)NCc1nnc2ccccn12.